The van der Waals surface area contributed by atoms with E-state index in [0.717, 1.165) is 0 Å². The molecule has 1 rings (SSSR count). The molecule has 1 aromatic heterocycles. The number of aryl methyl sites for hydroxylation is 2. The van der Waals surface area contributed by atoms with Gasteiger partial charge < -0.3 is 0 Å². The van der Waals surface area contributed by atoms with Gasteiger partial charge >= 0.3 is 0 Å². The van der Waals surface area contributed by atoms with Gasteiger partial charge in [0, 0.05) is 11.1 Å². The van der Waals surface area contributed by atoms with E-state index in [0.29, 0.717) is 0 Å². The van der Waals surface area contributed by atoms with Gasteiger partial charge in [-0.3, -0.25) is 0 Å². The maximum atomic E-state index is 5.48. The van der Waals surface area contributed by atoms with E-state index in [2.05, 4.69) is 6.07 Å². The van der Waals surface area contributed by atoms with Crippen molar-refractivity contribution in [1.29, 1.82) is 0 Å². The molecule has 48 valence electrons. The Morgan fingerprint density at radius 1 is 1.22 bits per heavy atom. The summed E-state index contributed by atoms with van der Waals surface area (Å²) in [5, 5.41) is 0. The van der Waals surface area contributed by atoms with Crippen LogP contribution < -0.4 is 10.5 Å². The van der Waals surface area contributed by atoms with Crippen molar-refractivity contribution < 1.29 is 4.68 Å². The SMILES string of the molecule is Cc1cc(C)c[n+](N)c1. The first kappa shape index (κ1) is 6.08. The van der Waals surface area contributed by atoms with Crippen molar-refractivity contribution >= 4 is 0 Å². The number of nitrogen functional groups attached to an aromatic ring is 1. The van der Waals surface area contributed by atoms with E-state index in [1.807, 2.05) is 26.2 Å². The molecular formula is C7H11N2+. The van der Waals surface area contributed by atoms with Crippen LogP contribution in [0.2, 0.25) is 0 Å². The lowest BCUT2D eigenvalue weighted by Crippen LogP contribution is -2.44. The van der Waals surface area contributed by atoms with Crippen LogP contribution in [0.4, 0.5) is 0 Å². The van der Waals surface area contributed by atoms with Gasteiger partial charge in [-0.15, -0.1) is 0 Å². The molecule has 0 saturated heterocycles. The zero-order chi connectivity index (χ0) is 6.85. The third-order valence-electron chi connectivity index (χ3n) is 1.16. The zero-order valence-corrected chi connectivity index (χ0v) is 5.76. The highest BCUT2D eigenvalue weighted by atomic mass is 15.3. The molecule has 0 radical (unpaired) electrons. The molecule has 0 aromatic carbocycles. The van der Waals surface area contributed by atoms with Gasteiger partial charge in [-0.1, -0.05) is 4.68 Å². The average molecular weight is 123 g/mol. The fourth-order valence-electron chi connectivity index (χ4n) is 0.941. The van der Waals surface area contributed by atoms with E-state index in [-0.39, 0.29) is 0 Å². The molecule has 2 heteroatoms. The summed E-state index contributed by atoms with van der Waals surface area (Å²) in [6.07, 6.45) is 3.76. The molecule has 0 amide bonds. The van der Waals surface area contributed by atoms with Gasteiger partial charge in [-0.2, -0.15) is 0 Å². The Labute approximate surface area is 54.9 Å². The molecule has 0 unspecified atom stereocenters. The Balaban J connectivity index is 3.17. The van der Waals surface area contributed by atoms with Crippen molar-refractivity contribution in [1.82, 2.24) is 0 Å². The van der Waals surface area contributed by atoms with Gasteiger partial charge in [-0.25, -0.2) is 5.84 Å². The lowest BCUT2D eigenvalue weighted by Gasteiger charge is -1.90. The molecule has 1 heterocycles. The molecule has 0 saturated carbocycles. The molecule has 1 aromatic rings. The first-order chi connectivity index (χ1) is 4.18. The molecule has 0 atom stereocenters. The van der Waals surface area contributed by atoms with Gasteiger partial charge in [0.05, 0.1) is 0 Å². The third-order valence-corrected chi connectivity index (χ3v) is 1.16. The monoisotopic (exact) mass is 123 g/mol. The van der Waals surface area contributed by atoms with E-state index in [1.165, 1.54) is 11.1 Å². The van der Waals surface area contributed by atoms with Gasteiger partial charge in [-0.05, 0) is 19.9 Å². The van der Waals surface area contributed by atoms with E-state index in [9.17, 15) is 0 Å². The Bertz CT molecular complexity index is 168. The standard InChI is InChI=1S/C7H11N2/c1-6-3-7(2)5-9(8)4-6/h3-5H,8H2,1-2H3/q+1. The number of nitrogens with zero attached hydrogens (tertiary/aromatic N) is 1. The van der Waals surface area contributed by atoms with Crippen molar-refractivity contribution in [2.24, 2.45) is 0 Å². The topological polar surface area (TPSA) is 29.9 Å². The van der Waals surface area contributed by atoms with Gasteiger partial charge in [0.25, 0.3) is 0 Å². The number of rotatable bonds is 0. The quantitative estimate of drug-likeness (QED) is 0.390. The van der Waals surface area contributed by atoms with Crippen molar-refractivity contribution in [2.45, 2.75) is 13.8 Å². The molecule has 2 N–H and O–H groups in total. The van der Waals surface area contributed by atoms with Crippen molar-refractivity contribution in [3.8, 4) is 0 Å². The molecule has 0 aliphatic heterocycles. The minimum Gasteiger partial charge on any atom is -0.205 e. The second-order valence-corrected chi connectivity index (χ2v) is 2.34. The van der Waals surface area contributed by atoms with Crippen LogP contribution in [0, 0.1) is 13.8 Å². The molecule has 0 aliphatic carbocycles. The number of hydrogen-bond acceptors (Lipinski definition) is 1. The van der Waals surface area contributed by atoms with E-state index >= 15 is 0 Å². The maximum absolute atomic E-state index is 5.48. The fourth-order valence-corrected chi connectivity index (χ4v) is 0.941. The predicted octanol–water partition coefficient (Wildman–Crippen LogP) is 0.305. The summed E-state index contributed by atoms with van der Waals surface area (Å²) in [4.78, 5) is 0. The Morgan fingerprint density at radius 3 is 2.00 bits per heavy atom. The van der Waals surface area contributed by atoms with Gasteiger partial charge in [0.2, 0.25) is 12.4 Å². The molecular weight excluding hydrogens is 112 g/mol. The van der Waals surface area contributed by atoms with Crippen LogP contribution in [0.15, 0.2) is 18.5 Å². The number of nitrogens with two attached hydrogens (primary N) is 1. The van der Waals surface area contributed by atoms with Crippen LogP contribution in [-0.4, -0.2) is 0 Å². The highest BCUT2D eigenvalue weighted by Crippen LogP contribution is 1.94. The molecule has 0 spiro atoms. The lowest BCUT2D eigenvalue weighted by molar-refractivity contribution is -0.639. The van der Waals surface area contributed by atoms with Gasteiger partial charge in [0.15, 0.2) is 0 Å². The maximum Gasteiger partial charge on any atom is 0.202 e. The summed E-state index contributed by atoms with van der Waals surface area (Å²) in [6.45, 7) is 4.05. The Kier molecular flexibility index (Phi) is 1.39. The summed E-state index contributed by atoms with van der Waals surface area (Å²) in [6, 6.07) is 2.09. The first-order valence-corrected chi connectivity index (χ1v) is 2.93. The first-order valence-electron chi connectivity index (χ1n) is 2.93. The molecule has 0 aliphatic rings. The van der Waals surface area contributed by atoms with Gasteiger partial charge in [0.1, 0.15) is 0 Å². The summed E-state index contributed by atoms with van der Waals surface area (Å²) < 4.78 is 1.57. The van der Waals surface area contributed by atoms with Crippen LogP contribution in [0.1, 0.15) is 11.1 Å². The highest BCUT2D eigenvalue weighted by Gasteiger charge is 1.95. The summed E-state index contributed by atoms with van der Waals surface area (Å²) in [7, 11) is 0. The van der Waals surface area contributed by atoms with Crippen molar-refractivity contribution in [3.63, 3.8) is 0 Å². The highest BCUT2D eigenvalue weighted by molar-refractivity contribution is 5.11. The van der Waals surface area contributed by atoms with E-state index in [4.69, 9.17) is 5.84 Å². The second-order valence-electron chi connectivity index (χ2n) is 2.34. The second kappa shape index (κ2) is 2.05. The van der Waals surface area contributed by atoms with Crippen LogP contribution >= 0.6 is 0 Å². The molecule has 2 nitrogen and oxygen atoms in total. The minimum absolute atomic E-state index is 1.19. The molecule has 0 fully saturated rings. The van der Waals surface area contributed by atoms with Crippen LogP contribution in [-0.2, 0) is 0 Å². The predicted molar refractivity (Wildman–Crippen MR) is 36.3 cm³/mol. The Morgan fingerprint density at radius 2 is 1.67 bits per heavy atom. The minimum atomic E-state index is 1.19. The lowest BCUT2D eigenvalue weighted by atomic mass is 10.2. The summed E-state index contributed by atoms with van der Waals surface area (Å²) >= 11 is 0. The van der Waals surface area contributed by atoms with Crippen LogP contribution in [0.3, 0.4) is 0 Å². The fraction of sp³-hybridized carbons (Fsp3) is 0.286. The normalized spacial score (nSPS) is 9.56. The van der Waals surface area contributed by atoms with Crippen LogP contribution in [0.5, 0.6) is 0 Å². The summed E-state index contributed by atoms with van der Waals surface area (Å²) in [5.74, 6) is 5.48. The third kappa shape index (κ3) is 1.42. The number of pyridine rings is 1. The smallest absolute Gasteiger partial charge is 0.202 e. The van der Waals surface area contributed by atoms with Crippen molar-refractivity contribution in [2.75, 3.05) is 5.84 Å². The molecule has 9 heavy (non-hydrogen) atoms. The van der Waals surface area contributed by atoms with Crippen molar-refractivity contribution in [3.05, 3.63) is 29.6 Å². The van der Waals surface area contributed by atoms with Crippen LogP contribution in [0.25, 0.3) is 0 Å². The average Bonchev–Trinajstić information content (AvgIpc) is 1.59. The van der Waals surface area contributed by atoms with E-state index in [1.54, 1.807) is 4.68 Å². The largest absolute Gasteiger partial charge is 0.205 e. The number of aromatic nitrogens is 1. The summed E-state index contributed by atoms with van der Waals surface area (Å²) in [5.41, 5.74) is 2.38. The Hall–Kier alpha value is -1.05. The zero-order valence-electron chi connectivity index (χ0n) is 5.76. The van der Waals surface area contributed by atoms with E-state index < -0.39 is 0 Å². The number of hydrogen-bond donors (Lipinski definition) is 1. The molecule has 0 bridgehead atoms.